The second-order valence-electron chi connectivity index (χ2n) is 9.56. The number of rotatable bonds is 7. The smallest absolute Gasteiger partial charge is 0.240 e. The predicted molar refractivity (Wildman–Crippen MR) is 125 cm³/mol. The zero-order valence-electron chi connectivity index (χ0n) is 19.1. The van der Waals surface area contributed by atoms with E-state index in [1.54, 1.807) is 0 Å². The van der Waals surface area contributed by atoms with Gasteiger partial charge in [-0.2, -0.15) is 0 Å². The number of nitrogens with zero attached hydrogens (tertiary/aromatic N) is 4. The van der Waals surface area contributed by atoms with Gasteiger partial charge in [0, 0.05) is 37.6 Å². The summed E-state index contributed by atoms with van der Waals surface area (Å²) in [5, 5.41) is 4.21. The lowest BCUT2D eigenvalue weighted by atomic mass is 10.0. The first-order valence-electron chi connectivity index (χ1n) is 11.7. The predicted octanol–water partition coefficient (Wildman–Crippen LogP) is 2.86. The average molecular weight is 425 g/mol. The number of nitrogens with two attached hydrogens (primary N) is 1. The lowest BCUT2D eigenvalue weighted by molar-refractivity contribution is -0.119. The van der Waals surface area contributed by atoms with Crippen molar-refractivity contribution in [3.63, 3.8) is 0 Å². The molecule has 1 saturated heterocycles. The zero-order valence-corrected chi connectivity index (χ0v) is 19.1. The molecule has 7 nitrogen and oxygen atoms in total. The summed E-state index contributed by atoms with van der Waals surface area (Å²) in [6.07, 6.45) is 4.09. The number of hydrogen-bond donors (Lipinski definition) is 2. The summed E-state index contributed by atoms with van der Waals surface area (Å²) < 4.78 is 0. The summed E-state index contributed by atoms with van der Waals surface area (Å²) in [6.45, 7) is 11.4. The summed E-state index contributed by atoms with van der Waals surface area (Å²) in [7, 11) is 0. The van der Waals surface area contributed by atoms with Crippen molar-refractivity contribution in [1.29, 1.82) is 0 Å². The number of carbonyl (C=O) groups is 1. The molecule has 4 rings (SSSR count). The Kier molecular flexibility index (Phi) is 6.72. The van der Waals surface area contributed by atoms with Crippen molar-refractivity contribution >= 4 is 22.6 Å². The molecule has 2 fully saturated rings. The minimum absolute atomic E-state index is 0.0701. The van der Waals surface area contributed by atoms with Crippen LogP contribution in [0.15, 0.2) is 24.3 Å². The van der Waals surface area contributed by atoms with Crippen LogP contribution in [-0.2, 0) is 11.3 Å². The third-order valence-electron chi connectivity index (χ3n) is 6.97. The normalized spacial score (nSPS) is 24.0. The maximum absolute atomic E-state index is 11.9. The van der Waals surface area contributed by atoms with Crippen LogP contribution in [0.2, 0.25) is 0 Å². The number of anilines is 1. The fourth-order valence-electron chi connectivity index (χ4n) is 5.14. The molecular weight excluding hydrogens is 388 g/mol. The molecule has 7 heteroatoms. The number of nitrogens with one attached hydrogen (secondary N) is 1. The van der Waals surface area contributed by atoms with Crippen LogP contribution in [0, 0.1) is 11.8 Å². The maximum atomic E-state index is 11.9. The van der Waals surface area contributed by atoms with E-state index < -0.39 is 6.04 Å². The summed E-state index contributed by atoms with van der Waals surface area (Å²) in [4.78, 5) is 26.7. The van der Waals surface area contributed by atoms with Crippen LogP contribution < -0.4 is 11.1 Å². The molecule has 3 atom stereocenters. The quantitative estimate of drug-likeness (QED) is 0.711. The largest absolute Gasteiger partial charge is 0.368 e. The Morgan fingerprint density at radius 1 is 1.16 bits per heavy atom. The molecule has 31 heavy (non-hydrogen) atoms. The number of para-hydroxylation sites is 1. The van der Waals surface area contributed by atoms with Crippen LogP contribution in [0.1, 0.15) is 45.9 Å². The first-order valence-corrected chi connectivity index (χ1v) is 11.7. The number of aromatic nitrogens is 2. The van der Waals surface area contributed by atoms with Gasteiger partial charge in [-0.15, -0.1) is 0 Å². The van der Waals surface area contributed by atoms with Crippen molar-refractivity contribution in [2.75, 3.05) is 31.5 Å². The van der Waals surface area contributed by atoms with E-state index in [0.717, 1.165) is 61.4 Å². The second-order valence-corrected chi connectivity index (χ2v) is 9.56. The van der Waals surface area contributed by atoms with E-state index in [0.29, 0.717) is 5.82 Å². The van der Waals surface area contributed by atoms with Gasteiger partial charge in [-0.25, -0.2) is 9.97 Å². The first-order chi connectivity index (χ1) is 14.9. The minimum atomic E-state index is -0.469. The Hall–Kier alpha value is -2.25. The highest BCUT2D eigenvalue weighted by Gasteiger charge is 2.31. The lowest BCUT2D eigenvalue weighted by Crippen LogP contribution is -2.50. The molecule has 1 aliphatic heterocycles. The van der Waals surface area contributed by atoms with Gasteiger partial charge >= 0.3 is 0 Å². The van der Waals surface area contributed by atoms with E-state index in [1.807, 2.05) is 38.1 Å². The molecule has 0 radical (unpaired) electrons. The standard InChI is InChI=1S/C24H36N6O/c1-16(2)22(23(25)31)28-24-18-8-4-5-9-19(18)26-21(27-24)15-29-11-13-30(14-12-29)20-10-6-7-17(20)3/h4-5,8-9,16-17,20,22H,6-7,10-15H2,1-3H3,(H2,25,31)(H,26,27,28)/t17?,20?,22-/m0/s1. The van der Waals surface area contributed by atoms with Crippen LogP contribution in [0.25, 0.3) is 10.9 Å². The molecule has 1 aliphatic carbocycles. The SMILES string of the molecule is CC1CCCC1N1CCN(Cc2nc(N[C@H](C(N)=O)C(C)C)c3ccccc3n2)CC1. The number of fused-ring (bicyclic) bond motifs is 1. The van der Waals surface area contributed by atoms with Gasteiger partial charge in [0.05, 0.1) is 12.1 Å². The van der Waals surface area contributed by atoms with Crippen molar-refractivity contribution in [2.24, 2.45) is 17.6 Å². The molecule has 2 aromatic rings. The number of carbonyl (C=O) groups excluding carboxylic acids is 1. The molecule has 1 amide bonds. The van der Waals surface area contributed by atoms with Crippen LogP contribution >= 0.6 is 0 Å². The summed E-state index contributed by atoms with van der Waals surface area (Å²) in [5.74, 6) is 2.01. The topological polar surface area (TPSA) is 87.4 Å². The fraction of sp³-hybridized carbons (Fsp3) is 0.625. The molecule has 3 N–H and O–H groups in total. The summed E-state index contributed by atoms with van der Waals surface area (Å²) >= 11 is 0. The Bertz CT molecular complexity index is 908. The first kappa shape index (κ1) is 22.0. The average Bonchev–Trinajstić information content (AvgIpc) is 3.17. The van der Waals surface area contributed by atoms with E-state index in [4.69, 9.17) is 15.7 Å². The van der Waals surface area contributed by atoms with Crippen molar-refractivity contribution in [3.05, 3.63) is 30.1 Å². The van der Waals surface area contributed by atoms with E-state index in [-0.39, 0.29) is 11.8 Å². The van der Waals surface area contributed by atoms with Crippen LogP contribution in [0.4, 0.5) is 5.82 Å². The van der Waals surface area contributed by atoms with E-state index in [1.165, 1.54) is 19.3 Å². The van der Waals surface area contributed by atoms with Crippen LogP contribution in [0.3, 0.4) is 0 Å². The zero-order chi connectivity index (χ0) is 22.0. The Morgan fingerprint density at radius 3 is 2.55 bits per heavy atom. The van der Waals surface area contributed by atoms with Gasteiger partial charge in [0.2, 0.25) is 5.91 Å². The van der Waals surface area contributed by atoms with Gasteiger partial charge in [-0.05, 0) is 36.8 Å². The molecular formula is C24H36N6O. The maximum Gasteiger partial charge on any atom is 0.240 e. The van der Waals surface area contributed by atoms with Gasteiger partial charge in [-0.3, -0.25) is 14.6 Å². The lowest BCUT2D eigenvalue weighted by Gasteiger charge is -2.39. The van der Waals surface area contributed by atoms with Gasteiger partial charge in [-0.1, -0.05) is 39.3 Å². The van der Waals surface area contributed by atoms with Crippen molar-refractivity contribution < 1.29 is 4.79 Å². The highest BCUT2D eigenvalue weighted by Crippen LogP contribution is 2.30. The minimum Gasteiger partial charge on any atom is -0.368 e. The van der Waals surface area contributed by atoms with Crippen LogP contribution in [-0.4, -0.2) is 63.9 Å². The fourth-order valence-corrected chi connectivity index (χ4v) is 5.14. The molecule has 1 saturated carbocycles. The van der Waals surface area contributed by atoms with Crippen LogP contribution in [0.5, 0.6) is 0 Å². The van der Waals surface area contributed by atoms with Crippen molar-refractivity contribution in [2.45, 2.75) is 58.7 Å². The van der Waals surface area contributed by atoms with Crippen molar-refractivity contribution in [3.8, 4) is 0 Å². The number of piperazine rings is 1. The third kappa shape index (κ3) is 4.99. The summed E-state index contributed by atoms with van der Waals surface area (Å²) in [6, 6.07) is 8.23. The molecule has 1 aromatic carbocycles. The number of amides is 1. The van der Waals surface area contributed by atoms with Gasteiger partial charge in [0.15, 0.2) is 0 Å². The third-order valence-corrected chi connectivity index (χ3v) is 6.97. The summed E-state index contributed by atoms with van der Waals surface area (Å²) in [5.41, 5.74) is 6.52. The van der Waals surface area contributed by atoms with E-state index in [2.05, 4.69) is 22.0 Å². The highest BCUT2D eigenvalue weighted by atomic mass is 16.1. The molecule has 2 heterocycles. The second kappa shape index (κ2) is 9.49. The highest BCUT2D eigenvalue weighted by molar-refractivity contribution is 5.91. The van der Waals surface area contributed by atoms with Crippen molar-refractivity contribution in [1.82, 2.24) is 19.8 Å². The Balaban J connectivity index is 1.49. The molecule has 2 unspecified atom stereocenters. The molecule has 1 aromatic heterocycles. The van der Waals surface area contributed by atoms with Gasteiger partial charge in [0.1, 0.15) is 17.7 Å². The van der Waals surface area contributed by atoms with Gasteiger partial charge < -0.3 is 11.1 Å². The number of benzene rings is 1. The van der Waals surface area contributed by atoms with E-state index >= 15 is 0 Å². The number of primary amides is 1. The molecule has 2 aliphatic rings. The Labute approximate surface area is 185 Å². The monoisotopic (exact) mass is 424 g/mol. The number of hydrogen-bond acceptors (Lipinski definition) is 6. The molecule has 0 spiro atoms. The van der Waals surface area contributed by atoms with Gasteiger partial charge in [0.25, 0.3) is 0 Å². The van der Waals surface area contributed by atoms with E-state index in [9.17, 15) is 4.79 Å². The molecule has 168 valence electrons. The molecule has 0 bridgehead atoms. The Morgan fingerprint density at radius 2 is 1.90 bits per heavy atom.